The Kier molecular flexibility index (Phi) is 3.68. The van der Waals surface area contributed by atoms with Crippen molar-refractivity contribution in [3.05, 3.63) is 47.9 Å². The van der Waals surface area contributed by atoms with Gasteiger partial charge < -0.3 is 10.4 Å². The first kappa shape index (κ1) is 14.3. The van der Waals surface area contributed by atoms with Gasteiger partial charge in [0.15, 0.2) is 5.65 Å². The van der Waals surface area contributed by atoms with E-state index in [1.54, 1.807) is 17.9 Å². The molecule has 3 rings (SSSR count). The molecule has 22 heavy (non-hydrogen) atoms. The van der Waals surface area contributed by atoms with E-state index >= 15 is 0 Å². The van der Waals surface area contributed by atoms with Crippen LogP contribution in [0.2, 0.25) is 0 Å². The van der Waals surface area contributed by atoms with Crippen molar-refractivity contribution in [2.75, 3.05) is 11.9 Å². The van der Waals surface area contributed by atoms with Gasteiger partial charge in [-0.1, -0.05) is 6.07 Å². The van der Waals surface area contributed by atoms with Crippen molar-refractivity contribution in [2.24, 2.45) is 7.05 Å². The van der Waals surface area contributed by atoms with Crippen molar-refractivity contribution in [1.82, 2.24) is 19.7 Å². The molecular formula is C14H13F2N5O. The highest BCUT2D eigenvalue weighted by molar-refractivity contribution is 5.85. The molecule has 0 radical (unpaired) electrons. The fourth-order valence-electron chi connectivity index (χ4n) is 2.22. The van der Waals surface area contributed by atoms with Crippen LogP contribution < -0.4 is 5.32 Å². The van der Waals surface area contributed by atoms with Gasteiger partial charge in [-0.3, -0.25) is 4.68 Å². The van der Waals surface area contributed by atoms with Crippen LogP contribution in [0.25, 0.3) is 11.0 Å². The van der Waals surface area contributed by atoms with Crippen molar-refractivity contribution in [1.29, 1.82) is 0 Å². The highest BCUT2D eigenvalue weighted by Gasteiger charge is 2.18. The van der Waals surface area contributed by atoms with Crippen molar-refractivity contribution in [3.8, 4) is 0 Å². The van der Waals surface area contributed by atoms with Crippen LogP contribution in [0, 0.1) is 11.6 Å². The number of aliphatic hydroxyl groups is 1. The maximum atomic E-state index is 13.6. The second kappa shape index (κ2) is 5.64. The van der Waals surface area contributed by atoms with Crippen LogP contribution in [0.5, 0.6) is 0 Å². The number of aliphatic hydroxyl groups excluding tert-OH is 1. The lowest BCUT2D eigenvalue weighted by atomic mass is 10.1. The van der Waals surface area contributed by atoms with E-state index in [1.165, 1.54) is 12.4 Å². The maximum Gasteiger partial charge on any atom is 0.186 e. The molecule has 8 heteroatoms. The second-order valence-corrected chi connectivity index (χ2v) is 4.79. The zero-order valence-corrected chi connectivity index (χ0v) is 11.7. The van der Waals surface area contributed by atoms with Crippen LogP contribution in [-0.4, -0.2) is 31.4 Å². The molecule has 2 aromatic heterocycles. The van der Waals surface area contributed by atoms with Crippen LogP contribution in [-0.2, 0) is 7.05 Å². The normalized spacial score (nSPS) is 12.5. The zero-order valence-electron chi connectivity index (χ0n) is 11.7. The molecule has 6 nitrogen and oxygen atoms in total. The van der Waals surface area contributed by atoms with Crippen molar-refractivity contribution in [2.45, 2.75) is 6.10 Å². The van der Waals surface area contributed by atoms with Crippen molar-refractivity contribution in [3.63, 3.8) is 0 Å². The Morgan fingerprint density at radius 3 is 2.73 bits per heavy atom. The molecule has 0 saturated carbocycles. The third kappa shape index (κ3) is 2.60. The summed E-state index contributed by atoms with van der Waals surface area (Å²) in [5, 5.41) is 17.7. The predicted molar refractivity (Wildman–Crippen MR) is 76.1 cm³/mol. The molecule has 0 saturated heterocycles. The Labute approximate surface area is 124 Å². The van der Waals surface area contributed by atoms with E-state index in [0.717, 1.165) is 12.1 Å². The number of fused-ring (bicyclic) bond motifs is 1. The number of benzene rings is 1. The topological polar surface area (TPSA) is 75.9 Å². The van der Waals surface area contributed by atoms with Gasteiger partial charge in [0.05, 0.1) is 10.9 Å². The highest BCUT2D eigenvalue weighted by Crippen LogP contribution is 2.22. The van der Waals surface area contributed by atoms with Gasteiger partial charge in [0.2, 0.25) is 0 Å². The van der Waals surface area contributed by atoms with Gasteiger partial charge in [-0.15, -0.1) is 0 Å². The monoisotopic (exact) mass is 305 g/mol. The van der Waals surface area contributed by atoms with E-state index in [1.807, 2.05) is 0 Å². The Bertz CT molecular complexity index is 800. The first-order valence-corrected chi connectivity index (χ1v) is 6.56. The molecule has 1 unspecified atom stereocenters. The molecule has 0 fully saturated rings. The lowest BCUT2D eigenvalue weighted by molar-refractivity contribution is 0.181. The second-order valence-electron chi connectivity index (χ2n) is 4.79. The molecule has 0 amide bonds. The molecule has 0 aliphatic rings. The molecule has 0 bridgehead atoms. The fraction of sp³-hybridized carbons (Fsp3) is 0.214. The van der Waals surface area contributed by atoms with E-state index < -0.39 is 17.7 Å². The third-order valence-electron chi connectivity index (χ3n) is 3.23. The van der Waals surface area contributed by atoms with E-state index in [-0.39, 0.29) is 12.1 Å². The molecule has 114 valence electrons. The van der Waals surface area contributed by atoms with E-state index in [2.05, 4.69) is 20.4 Å². The Morgan fingerprint density at radius 1 is 1.27 bits per heavy atom. The smallest absolute Gasteiger partial charge is 0.186 e. The van der Waals surface area contributed by atoms with Gasteiger partial charge in [-0.2, -0.15) is 5.10 Å². The quantitative estimate of drug-likeness (QED) is 0.768. The van der Waals surface area contributed by atoms with Gasteiger partial charge in [0.1, 0.15) is 29.9 Å². The summed E-state index contributed by atoms with van der Waals surface area (Å²) in [5.41, 5.74) is 0.123. The summed E-state index contributed by atoms with van der Waals surface area (Å²) in [4.78, 5) is 8.07. The number of halogens is 2. The number of aryl methyl sites for hydroxylation is 1. The van der Waals surface area contributed by atoms with Crippen LogP contribution in [0.1, 0.15) is 11.7 Å². The van der Waals surface area contributed by atoms with Crippen LogP contribution >= 0.6 is 0 Å². The minimum atomic E-state index is -1.34. The summed E-state index contributed by atoms with van der Waals surface area (Å²) in [6.07, 6.45) is 1.70. The van der Waals surface area contributed by atoms with E-state index in [4.69, 9.17) is 0 Å². The SMILES string of the molecule is Cn1cc2c(NCC(O)c3c(F)cccc3F)ncnc2n1. The summed E-state index contributed by atoms with van der Waals surface area (Å²) in [5.74, 6) is -1.14. The summed E-state index contributed by atoms with van der Waals surface area (Å²) in [6.45, 7) is -0.0984. The Hall–Kier alpha value is -2.61. The average Bonchev–Trinajstić information content (AvgIpc) is 2.85. The standard InChI is InChI=1S/C14H13F2N5O/c1-21-6-8-13(18-7-19-14(8)20-21)17-5-11(22)12-9(15)3-2-4-10(12)16/h2-4,6-7,11,22H,5H2,1H3,(H,17,18,19,20). The average molecular weight is 305 g/mol. The maximum absolute atomic E-state index is 13.6. The van der Waals surface area contributed by atoms with Gasteiger partial charge in [0, 0.05) is 19.8 Å². The van der Waals surface area contributed by atoms with Gasteiger partial charge in [-0.25, -0.2) is 18.7 Å². The first-order valence-electron chi connectivity index (χ1n) is 6.56. The molecule has 3 aromatic rings. The molecular weight excluding hydrogens is 292 g/mol. The number of rotatable bonds is 4. The summed E-state index contributed by atoms with van der Waals surface area (Å²) in [6, 6.07) is 3.45. The molecule has 2 N–H and O–H groups in total. The highest BCUT2D eigenvalue weighted by atomic mass is 19.1. The third-order valence-corrected chi connectivity index (χ3v) is 3.23. The Morgan fingerprint density at radius 2 is 2.00 bits per heavy atom. The molecule has 0 spiro atoms. The van der Waals surface area contributed by atoms with Gasteiger partial charge in [0.25, 0.3) is 0 Å². The number of nitrogens with zero attached hydrogens (tertiary/aromatic N) is 4. The van der Waals surface area contributed by atoms with E-state index in [0.29, 0.717) is 16.9 Å². The summed E-state index contributed by atoms with van der Waals surface area (Å²) < 4.78 is 28.8. The summed E-state index contributed by atoms with van der Waals surface area (Å²) >= 11 is 0. The molecule has 1 aromatic carbocycles. The summed E-state index contributed by atoms with van der Waals surface area (Å²) in [7, 11) is 1.75. The number of hydrogen-bond donors (Lipinski definition) is 2. The van der Waals surface area contributed by atoms with Gasteiger partial charge >= 0.3 is 0 Å². The lowest BCUT2D eigenvalue weighted by Gasteiger charge is -2.14. The van der Waals surface area contributed by atoms with Crippen molar-refractivity contribution >= 4 is 16.9 Å². The largest absolute Gasteiger partial charge is 0.386 e. The van der Waals surface area contributed by atoms with Crippen LogP contribution in [0.4, 0.5) is 14.6 Å². The molecule has 1 atom stereocenters. The number of nitrogens with one attached hydrogen (secondary N) is 1. The number of aromatic nitrogens is 4. The number of anilines is 1. The van der Waals surface area contributed by atoms with Crippen LogP contribution in [0.3, 0.4) is 0 Å². The minimum Gasteiger partial charge on any atom is -0.386 e. The molecule has 2 heterocycles. The number of hydrogen-bond acceptors (Lipinski definition) is 5. The van der Waals surface area contributed by atoms with Crippen LogP contribution in [0.15, 0.2) is 30.7 Å². The predicted octanol–water partition coefficient (Wildman–Crippen LogP) is 1.79. The fourth-order valence-corrected chi connectivity index (χ4v) is 2.22. The minimum absolute atomic E-state index is 0.0984. The molecule has 0 aliphatic heterocycles. The Balaban J connectivity index is 1.82. The zero-order chi connectivity index (χ0) is 15.7. The van der Waals surface area contributed by atoms with Crippen molar-refractivity contribution < 1.29 is 13.9 Å². The van der Waals surface area contributed by atoms with E-state index in [9.17, 15) is 13.9 Å². The van der Waals surface area contributed by atoms with Gasteiger partial charge in [-0.05, 0) is 12.1 Å². The first-order chi connectivity index (χ1) is 10.6. The lowest BCUT2D eigenvalue weighted by Crippen LogP contribution is -2.15. The molecule has 0 aliphatic carbocycles.